The van der Waals surface area contributed by atoms with Crippen molar-refractivity contribution in [3.63, 3.8) is 0 Å². The van der Waals surface area contributed by atoms with Crippen molar-refractivity contribution in [2.24, 2.45) is 0 Å². The molecule has 19 heavy (non-hydrogen) atoms. The molecule has 1 aliphatic heterocycles. The van der Waals surface area contributed by atoms with Gasteiger partial charge in [-0.2, -0.15) is 0 Å². The molecule has 0 saturated carbocycles. The van der Waals surface area contributed by atoms with Crippen molar-refractivity contribution >= 4 is 17.9 Å². The summed E-state index contributed by atoms with van der Waals surface area (Å²) in [6, 6.07) is -0.423. The number of piperidine rings is 1. The Morgan fingerprint density at radius 2 is 2.00 bits per heavy atom. The molecule has 1 fully saturated rings. The molecule has 0 radical (unpaired) electrons. The molecule has 3 amide bonds. The Balaban J connectivity index is 2.58. The number of hydrogen-bond acceptors (Lipinski definition) is 3. The standard InChI is InChI=1S/C12H21N3O4/c1-12(10(17)18)6-3-4-8-15(12)11(19)14-7-5-9(16)13-2/h3-8H2,1-2H3,(H,13,16)(H,14,19)(H,17,18). The highest BCUT2D eigenvalue weighted by Crippen LogP contribution is 2.28. The molecule has 0 aromatic rings. The number of carboxylic acid groups (broad SMARTS) is 1. The lowest BCUT2D eigenvalue weighted by Crippen LogP contribution is -2.60. The van der Waals surface area contributed by atoms with Gasteiger partial charge in [0.2, 0.25) is 5.91 Å². The number of amides is 3. The Bertz CT molecular complexity index is 372. The first-order valence-electron chi connectivity index (χ1n) is 6.41. The lowest BCUT2D eigenvalue weighted by Gasteiger charge is -2.41. The third kappa shape index (κ3) is 3.59. The van der Waals surface area contributed by atoms with E-state index in [4.69, 9.17) is 0 Å². The Kier molecular flexibility index (Phi) is 5.14. The summed E-state index contributed by atoms with van der Waals surface area (Å²) >= 11 is 0. The number of urea groups is 1. The van der Waals surface area contributed by atoms with Crippen LogP contribution < -0.4 is 10.6 Å². The minimum Gasteiger partial charge on any atom is -0.480 e. The average molecular weight is 271 g/mol. The fourth-order valence-corrected chi connectivity index (χ4v) is 2.17. The second-order valence-corrected chi connectivity index (χ2v) is 4.84. The van der Waals surface area contributed by atoms with Crippen molar-refractivity contribution in [3.8, 4) is 0 Å². The summed E-state index contributed by atoms with van der Waals surface area (Å²) in [6.45, 7) is 2.19. The van der Waals surface area contributed by atoms with Gasteiger partial charge in [0, 0.05) is 26.6 Å². The number of aliphatic carboxylic acids is 1. The Labute approximate surface area is 112 Å². The number of carbonyl (C=O) groups is 3. The van der Waals surface area contributed by atoms with Crippen molar-refractivity contribution < 1.29 is 19.5 Å². The second kappa shape index (κ2) is 6.40. The number of rotatable bonds is 4. The van der Waals surface area contributed by atoms with E-state index in [2.05, 4.69) is 10.6 Å². The van der Waals surface area contributed by atoms with Crippen LogP contribution in [0.3, 0.4) is 0 Å². The van der Waals surface area contributed by atoms with Crippen LogP contribution in [0.5, 0.6) is 0 Å². The van der Waals surface area contributed by atoms with Gasteiger partial charge in [-0.3, -0.25) is 4.79 Å². The van der Waals surface area contributed by atoms with E-state index < -0.39 is 17.5 Å². The summed E-state index contributed by atoms with van der Waals surface area (Å²) in [6.07, 6.45) is 2.22. The topological polar surface area (TPSA) is 98.7 Å². The largest absolute Gasteiger partial charge is 0.480 e. The van der Waals surface area contributed by atoms with Gasteiger partial charge < -0.3 is 20.6 Å². The fourth-order valence-electron chi connectivity index (χ4n) is 2.17. The van der Waals surface area contributed by atoms with Gasteiger partial charge in [0.05, 0.1) is 0 Å². The number of likely N-dealkylation sites (tertiary alicyclic amines) is 1. The van der Waals surface area contributed by atoms with Gasteiger partial charge in [0.1, 0.15) is 5.54 Å². The molecule has 108 valence electrons. The van der Waals surface area contributed by atoms with Gasteiger partial charge in [-0.25, -0.2) is 9.59 Å². The van der Waals surface area contributed by atoms with Gasteiger partial charge >= 0.3 is 12.0 Å². The summed E-state index contributed by atoms with van der Waals surface area (Å²) in [5.41, 5.74) is -1.16. The summed E-state index contributed by atoms with van der Waals surface area (Å²) in [7, 11) is 1.52. The maximum absolute atomic E-state index is 12.0. The highest BCUT2D eigenvalue weighted by atomic mass is 16.4. The van der Waals surface area contributed by atoms with Crippen molar-refractivity contribution in [2.75, 3.05) is 20.1 Å². The van der Waals surface area contributed by atoms with Crippen LogP contribution in [0.1, 0.15) is 32.6 Å². The normalized spacial score (nSPS) is 22.7. The molecule has 3 N–H and O–H groups in total. The molecule has 0 aliphatic carbocycles. The third-order valence-corrected chi connectivity index (χ3v) is 3.50. The minimum atomic E-state index is -1.16. The van der Waals surface area contributed by atoms with Gasteiger partial charge in [-0.05, 0) is 26.2 Å². The maximum atomic E-state index is 12.0. The first kappa shape index (κ1) is 15.3. The zero-order valence-electron chi connectivity index (χ0n) is 11.4. The summed E-state index contributed by atoms with van der Waals surface area (Å²) in [5.74, 6) is -1.16. The molecule has 1 aliphatic rings. The van der Waals surface area contributed by atoms with E-state index >= 15 is 0 Å². The highest BCUT2D eigenvalue weighted by molar-refractivity contribution is 5.86. The highest BCUT2D eigenvalue weighted by Gasteiger charge is 2.43. The van der Waals surface area contributed by atoms with Crippen LogP contribution in [0.25, 0.3) is 0 Å². The van der Waals surface area contributed by atoms with E-state index in [0.717, 1.165) is 12.8 Å². The van der Waals surface area contributed by atoms with Crippen LogP contribution in [0.2, 0.25) is 0 Å². The fraction of sp³-hybridized carbons (Fsp3) is 0.750. The first-order valence-corrected chi connectivity index (χ1v) is 6.41. The molecule has 7 heteroatoms. The predicted molar refractivity (Wildman–Crippen MR) is 68.7 cm³/mol. The van der Waals surface area contributed by atoms with Crippen molar-refractivity contribution in [2.45, 2.75) is 38.1 Å². The van der Waals surface area contributed by atoms with Gasteiger partial charge in [0.15, 0.2) is 0 Å². The Morgan fingerprint density at radius 1 is 1.32 bits per heavy atom. The molecule has 0 aromatic carbocycles. The monoisotopic (exact) mass is 271 g/mol. The zero-order valence-corrected chi connectivity index (χ0v) is 11.4. The molecular formula is C12H21N3O4. The number of carboxylic acids is 1. The van der Waals surface area contributed by atoms with E-state index in [-0.39, 0.29) is 18.9 Å². The molecule has 7 nitrogen and oxygen atoms in total. The number of carbonyl (C=O) groups excluding carboxylic acids is 2. The van der Waals surface area contributed by atoms with E-state index in [0.29, 0.717) is 13.0 Å². The van der Waals surface area contributed by atoms with Gasteiger partial charge in [0.25, 0.3) is 0 Å². The smallest absolute Gasteiger partial charge is 0.329 e. The third-order valence-electron chi connectivity index (χ3n) is 3.50. The van der Waals surface area contributed by atoms with Crippen LogP contribution in [0.15, 0.2) is 0 Å². The lowest BCUT2D eigenvalue weighted by atomic mass is 9.89. The van der Waals surface area contributed by atoms with Crippen LogP contribution in [0.4, 0.5) is 4.79 Å². The van der Waals surface area contributed by atoms with Crippen molar-refractivity contribution in [1.29, 1.82) is 0 Å². The molecular weight excluding hydrogens is 250 g/mol. The maximum Gasteiger partial charge on any atom is 0.329 e. The van der Waals surface area contributed by atoms with Gasteiger partial charge in [-0.1, -0.05) is 0 Å². The van der Waals surface area contributed by atoms with E-state index in [1.807, 2.05) is 0 Å². The average Bonchev–Trinajstić information content (AvgIpc) is 2.38. The summed E-state index contributed by atoms with van der Waals surface area (Å²) in [4.78, 5) is 35.7. The zero-order chi connectivity index (χ0) is 14.5. The minimum absolute atomic E-state index is 0.167. The predicted octanol–water partition coefficient (Wildman–Crippen LogP) is 0.161. The van der Waals surface area contributed by atoms with Crippen LogP contribution in [-0.4, -0.2) is 53.6 Å². The summed E-state index contributed by atoms with van der Waals surface area (Å²) in [5, 5.41) is 14.3. The Morgan fingerprint density at radius 3 is 2.58 bits per heavy atom. The van der Waals surface area contributed by atoms with Gasteiger partial charge in [-0.15, -0.1) is 0 Å². The second-order valence-electron chi connectivity index (χ2n) is 4.84. The SMILES string of the molecule is CNC(=O)CCNC(=O)N1CCCCC1(C)C(=O)O. The van der Waals surface area contributed by atoms with Crippen molar-refractivity contribution in [1.82, 2.24) is 15.5 Å². The molecule has 0 aromatic heterocycles. The van der Waals surface area contributed by atoms with Crippen LogP contribution in [0, 0.1) is 0 Å². The first-order chi connectivity index (χ1) is 8.91. The summed E-state index contributed by atoms with van der Waals surface area (Å²) < 4.78 is 0. The molecule has 1 rings (SSSR count). The molecule has 1 atom stereocenters. The van der Waals surface area contributed by atoms with E-state index in [1.165, 1.54) is 11.9 Å². The lowest BCUT2D eigenvalue weighted by molar-refractivity contribution is -0.150. The number of nitrogens with one attached hydrogen (secondary N) is 2. The quantitative estimate of drug-likeness (QED) is 0.678. The van der Waals surface area contributed by atoms with Crippen molar-refractivity contribution in [3.05, 3.63) is 0 Å². The molecule has 1 saturated heterocycles. The Hall–Kier alpha value is -1.79. The van der Waals surface area contributed by atoms with Crippen LogP contribution >= 0.6 is 0 Å². The van der Waals surface area contributed by atoms with E-state index in [9.17, 15) is 19.5 Å². The number of hydrogen-bond donors (Lipinski definition) is 3. The molecule has 0 bridgehead atoms. The molecule has 1 heterocycles. The van der Waals surface area contributed by atoms with E-state index in [1.54, 1.807) is 6.92 Å². The molecule has 0 spiro atoms. The van der Waals surface area contributed by atoms with Crippen LogP contribution in [-0.2, 0) is 9.59 Å². The molecule has 1 unspecified atom stereocenters. The number of nitrogens with zero attached hydrogens (tertiary/aromatic N) is 1.